The Kier molecular flexibility index (Phi) is 6.13. The molecule has 1 unspecified atom stereocenters. The number of rotatable bonds is 7. The van der Waals surface area contributed by atoms with Gasteiger partial charge in [0.1, 0.15) is 6.04 Å². The van der Waals surface area contributed by atoms with Gasteiger partial charge in [0.15, 0.2) is 0 Å². The van der Waals surface area contributed by atoms with Crippen LogP contribution in [0, 0.1) is 0 Å². The van der Waals surface area contributed by atoms with E-state index in [1.54, 1.807) is 12.0 Å². The Morgan fingerprint density at radius 2 is 1.45 bits per heavy atom. The summed E-state index contributed by atoms with van der Waals surface area (Å²) in [4.78, 5) is 14.3. The molecule has 0 heterocycles. The second kappa shape index (κ2) is 8.32. The molecule has 22 heavy (non-hydrogen) atoms. The smallest absolute Gasteiger partial charge is 0.242 e. The number of methoxy groups -OCH3 is 1. The molecular formula is C18H22N2O2. The molecule has 1 atom stereocenters. The van der Waals surface area contributed by atoms with Gasteiger partial charge in [0.05, 0.1) is 6.61 Å². The summed E-state index contributed by atoms with van der Waals surface area (Å²) < 4.78 is 5.00. The SMILES string of the molecule is COCC(N)C(=O)N(Cc1ccccc1)Cc1ccccc1. The van der Waals surface area contributed by atoms with Crippen molar-refractivity contribution in [2.45, 2.75) is 19.1 Å². The molecule has 2 aromatic rings. The monoisotopic (exact) mass is 298 g/mol. The Balaban J connectivity index is 2.14. The molecule has 4 nitrogen and oxygen atoms in total. The largest absolute Gasteiger partial charge is 0.383 e. The van der Waals surface area contributed by atoms with Gasteiger partial charge in [-0.2, -0.15) is 0 Å². The van der Waals surface area contributed by atoms with Crippen molar-refractivity contribution in [1.29, 1.82) is 0 Å². The third kappa shape index (κ3) is 4.69. The fourth-order valence-electron chi connectivity index (χ4n) is 2.30. The van der Waals surface area contributed by atoms with E-state index in [9.17, 15) is 4.79 Å². The van der Waals surface area contributed by atoms with E-state index in [0.29, 0.717) is 13.1 Å². The Morgan fingerprint density at radius 3 is 1.86 bits per heavy atom. The highest BCUT2D eigenvalue weighted by molar-refractivity contribution is 5.81. The molecule has 4 heteroatoms. The number of carbonyl (C=O) groups is 1. The first-order valence-corrected chi connectivity index (χ1v) is 7.32. The molecule has 2 aromatic carbocycles. The van der Waals surface area contributed by atoms with E-state index in [-0.39, 0.29) is 12.5 Å². The molecule has 2 N–H and O–H groups in total. The van der Waals surface area contributed by atoms with Crippen molar-refractivity contribution in [2.24, 2.45) is 5.73 Å². The van der Waals surface area contributed by atoms with Crippen molar-refractivity contribution in [3.8, 4) is 0 Å². The lowest BCUT2D eigenvalue weighted by atomic mass is 10.1. The molecule has 0 aromatic heterocycles. The average Bonchev–Trinajstić information content (AvgIpc) is 2.56. The van der Waals surface area contributed by atoms with Crippen LogP contribution in [0.15, 0.2) is 60.7 Å². The second-order valence-corrected chi connectivity index (χ2v) is 5.23. The number of hydrogen-bond donors (Lipinski definition) is 1. The molecule has 0 saturated heterocycles. The first-order chi connectivity index (χ1) is 10.7. The summed E-state index contributed by atoms with van der Waals surface area (Å²) >= 11 is 0. The van der Waals surface area contributed by atoms with Crippen LogP contribution in [0.4, 0.5) is 0 Å². The predicted octanol–water partition coefficient (Wildman–Crippen LogP) is 2.19. The zero-order chi connectivity index (χ0) is 15.8. The third-order valence-electron chi connectivity index (χ3n) is 3.41. The molecule has 0 spiro atoms. The minimum atomic E-state index is -0.641. The van der Waals surface area contributed by atoms with E-state index < -0.39 is 6.04 Å². The summed E-state index contributed by atoms with van der Waals surface area (Å²) in [5.74, 6) is -0.102. The number of amides is 1. The highest BCUT2D eigenvalue weighted by Crippen LogP contribution is 2.11. The van der Waals surface area contributed by atoms with Gasteiger partial charge in [0.2, 0.25) is 5.91 Å². The molecule has 2 rings (SSSR count). The minimum absolute atomic E-state index is 0.102. The summed E-state index contributed by atoms with van der Waals surface area (Å²) in [6, 6.07) is 19.2. The number of nitrogens with zero attached hydrogens (tertiary/aromatic N) is 1. The van der Waals surface area contributed by atoms with Crippen molar-refractivity contribution >= 4 is 5.91 Å². The molecule has 0 fully saturated rings. The van der Waals surface area contributed by atoms with E-state index in [0.717, 1.165) is 11.1 Å². The fraction of sp³-hybridized carbons (Fsp3) is 0.278. The maximum atomic E-state index is 12.6. The van der Waals surface area contributed by atoms with Crippen molar-refractivity contribution < 1.29 is 9.53 Å². The van der Waals surface area contributed by atoms with Gasteiger partial charge < -0.3 is 15.4 Å². The zero-order valence-corrected chi connectivity index (χ0v) is 12.8. The van der Waals surface area contributed by atoms with Gasteiger partial charge in [-0.25, -0.2) is 0 Å². The Labute approximate surface area is 131 Å². The van der Waals surface area contributed by atoms with Gasteiger partial charge in [-0.1, -0.05) is 60.7 Å². The highest BCUT2D eigenvalue weighted by Gasteiger charge is 2.21. The zero-order valence-electron chi connectivity index (χ0n) is 12.8. The van der Waals surface area contributed by atoms with Crippen LogP contribution >= 0.6 is 0 Å². The number of hydrogen-bond acceptors (Lipinski definition) is 3. The number of nitrogens with two attached hydrogens (primary N) is 1. The van der Waals surface area contributed by atoms with Crippen LogP contribution in [0.5, 0.6) is 0 Å². The molecule has 1 amide bonds. The van der Waals surface area contributed by atoms with Gasteiger partial charge in [0, 0.05) is 20.2 Å². The number of ether oxygens (including phenoxy) is 1. The molecule has 0 saturated carbocycles. The summed E-state index contributed by atoms with van der Waals surface area (Å²) in [5.41, 5.74) is 8.08. The lowest BCUT2D eigenvalue weighted by Gasteiger charge is -2.26. The third-order valence-corrected chi connectivity index (χ3v) is 3.41. The van der Waals surface area contributed by atoms with Crippen LogP contribution in [0.2, 0.25) is 0 Å². The summed E-state index contributed by atoms with van der Waals surface area (Å²) in [6.07, 6.45) is 0. The highest BCUT2D eigenvalue weighted by atomic mass is 16.5. The first-order valence-electron chi connectivity index (χ1n) is 7.32. The quantitative estimate of drug-likeness (QED) is 0.852. The topological polar surface area (TPSA) is 55.6 Å². The van der Waals surface area contributed by atoms with Crippen molar-refractivity contribution in [3.63, 3.8) is 0 Å². The lowest BCUT2D eigenvalue weighted by molar-refractivity contribution is -0.135. The Bertz CT molecular complexity index is 531. The van der Waals surface area contributed by atoms with Crippen molar-refractivity contribution in [1.82, 2.24) is 4.90 Å². The van der Waals surface area contributed by atoms with E-state index in [2.05, 4.69) is 0 Å². The predicted molar refractivity (Wildman–Crippen MR) is 87.0 cm³/mol. The van der Waals surface area contributed by atoms with Crippen molar-refractivity contribution in [3.05, 3.63) is 71.8 Å². The molecular weight excluding hydrogens is 276 g/mol. The Hall–Kier alpha value is -2.17. The van der Waals surface area contributed by atoms with Crippen molar-refractivity contribution in [2.75, 3.05) is 13.7 Å². The van der Waals surface area contributed by atoms with E-state index >= 15 is 0 Å². The van der Waals surface area contributed by atoms with Gasteiger partial charge >= 0.3 is 0 Å². The van der Waals surface area contributed by atoms with Crippen LogP contribution in [0.1, 0.15) is 11.1 Å². The normalized spacial score (nSPS) is 11.9. The lowest BCUT2D eigenvalue weighted by Crippen LogP contribution is -2.45. The molecule has 0 aliphatic carbocycles. The minimum Gasteiger partial charge on any atom is -0.383 e. The first kappa shape index (κ1) is 16.2. The van der Waals surface area contributed by atoms with E-state index in [4.69, 9.17) is 10.5 Å². The van der Waals surface area contributed by atoms with Gasteiger partial charge in [-0.3, -0.25) is 4.79 Å². The maximum absolute atomic E-state index is 12.6. The fourth-order valence-corrected chi connectivity index (χ4v) is 2.30. The van der Waals surface area contributed by atoms with Gasteiger partial charge in [0.25, 0.3) is 0 Å². The van der Waals surface area contributed by atoms with Crippen LogP contribution in [0.25, 0.3) is 0 Å². The average molecular weight is 298 g/mol. The van der Waals surface area contributed by atoms with Gasteiger partial charge in [-0.05, 0) is 11.1 Å². The molecule has 0 aliphatic rings. The number of benzene rings is 2. The Morgan fingerprint density at radius 1 is 1.00 bits per heavy atom. The van der Waals surface area contributed by atoms with Gasteiger partial charge in [-0.15, -0.1) is 0 Å². The van der Waals surface area contributed by atoms with Crippen LogP contribution < -0.4 is 5.73 Å². The summed E-state index contributed by atoms with van der Waals surface area (Å²) in [5, 5.41) is 0. The molecule has 0 aliphatic heterocycles. The molecule has 0 bridgehead atoms. The van der Waals surface area contributed by atoms with E-state index in [1.807, 2.05) is 60.7 Å². The standard InChI is InChI=1S/C18H22N2O2/c1-22-14-17(19)18(21)20(12-15-8-4-2-5-9-15)13-16-10-6-3-7-11-16/h2-11,17H,12-14,19H2,1H3. The number of carbonyl (C=O) groups excluding carboxylic acids is 1. The van der Waals surface area contributed by atoms with Crippen LogP contribution in [-0.2, 0) is 22.6 Å². The maximum Gasteiger partial charge on any atom is 0.242 e. The second-order valence-electron chi connectivity index (χ2n) is 5.23. The molecule has 116 valence electrons. The summed E-state index contributed by atoms with van der Waals surface area (Å²) in [7, 11) is 1.55. The van der Waals surface area contributed by atoms with E-state index in [1.165, 1.54) is 0 Å². The van der Waals surface area contributed by atoms with Crippen LogP contribution in [0.3, 0.4) is 0 Å². The molecule has 0 radical (unpaired) electrons. The summed E-state index contributed by atoms with van der Waals surface area (Å²) in [6.45, 7) is 1.29. The van der Waals surface area contributed by atoms with Crippen LogP contribution in [-0.4, -0.2) is 30.6 Å².